The number of non-ortho nitro benzene ring substituents is 1. The molecule has 2 unspecified atom stereocenters. The van der Waals surface area contributed by atoms with Crippen molar-refractivity contribution in [3.05, 3.63) is 44.0 Å². The van der Waals surface area contributed by atoms with Crippen LogP contribution in [0.5, 0.6) is 0 Å². The highest BCUT2D eigenvalue weighted by Crippen LogP contribution is 2.30. The fourth-order valence-electron chi connectivity index (χ4n) is 2.25. The average molecular weight is 301 g/mol. The van der Waals surface area contributed by atoms with Gasteiger partial charge in [0.25, 0.3) is 11.4 Å². The molecule has 0 aliphatic carbocycles. The third-order valence-corrected chi connectivity index (χ3v) is 3.91. The van der Waals surface area contributed by atoms with Gasteiger partial charge in [-0.15, -0.1) is 11.6 Å². The molecule has 8 heteroatoms. The third kappa shape index (κ3) is 3.23. The summed E-state index contributed by atoms with van der Waals surface area (Å²) in [6.07, 6.45) is 1.08. The summed E-state index contributed by atoms with van der Waals surface area (Å²) in [5.41, 5.74) is -0.0850. The van der Waals surface area contributed by atoms with E-state index in [0.717, 1.165) is 6.07 Å². The summed E-state index contributed by atoms with van der Waals surface area (Å²) in [6.45, 7) is 1.04. The van der Waals surface area contributed by atoms with E-state index in [9.17, 15) is 20.2 Å². The molecule has 0 N–H and O–H groups in total. The summed E-state index contributed by atoms with van der Waals surface area (Å²) in [5, 5.41) is 21.6. The van der Waals surface area contributed by atoms with Crippen LogP contribution in [0.2, 0.25) is 0 Å². The van der Waals surface area contributed by atoms with Crippen LogP contribution in [0.3, 0.4) is 0 Å². The van der Waals surface area contributed by atoms with Crippen molar-refractivity contribution < 1.29 is 14.6 Å². The maximum Gasteiger partial charge on any atom is 0.279 e. The molecular formula is C12H13ClN2O5. The molecule has 1 aromatic carbocycles. The number of nitrogens with zero attached hydrogens (tertiary/aromatic N) is 2. The van der Waals surface area contributed by atoms with E-state index in [2.05, 4.69) is 0 Å². The molecule has 7 nitrogen and oxygen atoms in total. The molecule has 0 bridgehead atoms. The lowest BCUT2D eigenvalue weighted by atomic mass is 9.92. The van der Waals surface area contributed by atoms with Crippen LogP contribution in [0.4, 0.5) is 11.4 Å². The number of halogens is 1. The second kappa shape index (κ2) is 6.15. The lowest BCUT2D eigenvalue weighted by molar-refractivity contribution is -0.394. The highest BCUT2D eigenvalue weighted by atomic mass is 35.5. The first-order valence-corrected chi connectivity index (χ1v) is 6.56. The number of alkyl halides is 1. The number of rotatable bonds is 4. The highest BCUT2D eigenvalue weighted by Gasteiger charge is 2.28. The summed E-state index contributed by atoms with van der Waals surface area (Å²) >= 11 is 6.19. The summed E-state index contributed by atoms with van der Waals surface area (Å²) in [6, 6.07) is 3.69. The van der Waals surface area contributed by atoms with Gasteiger partial charge in [-0.25, -0.2) is 0 Å². The Labute approximate surface area is 119 Å². The van der Waals surface area contributed by atoms with Crippen molar-refractivity contribution in [2.75, 3.05) is 13.2 Å². The van der Waals surface area contributed by atoms with Crippen molar-refractivity contribution in [2.45, 2.75) is 18.2 Å². The predicted molar refractivity (Wildman–Crippen MR) is 72.0 cm³/mol. The van der Waals surface area contributed by atoms with Crippen molar-refractivity contribution in [1.29, 1.82) is 0 Å². The first-order valence-electron chi connectivity index (χ1n) is 6.12. The van der Waals surface area contributed by atoms with Crippen LogP contribution < -0.4 is 0 Å². The van der Waals surface area contributed by atoms with Crippen molar-refractivity contribution in [3.8, 4) is 0 Å². The highest BCUT2D eigenvalue weighted by molar-refractivity contribution is 6.20. The minimum Gasteiger partial charge on any atom is -0.381 e. The molecule has 1 fully saturated rings. The Kier molecular flexibility index (Phi) is 4.51. The molecule has 0 amide bonds. The number of benzene rings is 1. The smallest absolute Gasteiger partial charge is 0.279 e. The Morgan fingerprint density at radius 2 is 2.05 bits per heavy atom. The lowest BCUT2D eigenvalue weighted by Crippen LogP contribution is -2.29. The van der Waals surface area contributed by atoms with Gasteiger partial charge in [-0.1, -0.05) is 0 Å². The molecule has 20 heavy (non-hydrogen) atoms. The van der Waals surface area contributed by atoms with E-state index >= 15 is 0 Å². The molecule has 0 radical (unpaired) electrons. The maximum absolute atomic E-state index is 11.0. The van der Waals surface area contributed by atoms with Crippen molar-refractivity contribution in [1.82, 2.24) is 0 Å². The summed E-state index contributed by atoms with van der Waals surface area (Å²) in [4.78, 5) is 20.5. The van der Waals surface area contributed by atoms with Crippen LogP contribution in [0.15, 0.2) is 18.2 Å². The fraction of sp³-hybridized carbons (Fsp3) is 0.500. The van der Waals surface area contributed by atoms with Gasteiger partial charge in [-0.05, 0) is 18.9 Å². The van der Waals surface area contributed by atoms with Gasteiger partial charge in [0.15, 0.2) is 0 Å². The third-order valence-electron chi connectivity index (χ3n) is 3.34. The van der Waals surface area contributed by atoms with Gasteiger partial charge >= 0.3 is 0 Å². The molecule has 1 aromatic rings. The van der Waals surface area contributed by atoms with Crippen LogP contribution in [0, 0.1) is 26.1 Å². The Morgan fingerprint density at radius 1 is 1.30 bits per heavy atom. The molecular weight excluding hydrogens is 288 g/mol. The molecule has 2 rings (SSSR count). The van der Waals surface area contributed by atoms with E-state index in [1.54, 1.807) is 0 Å². The van der Waals surface area contributed by atoms with Crippen LogP contribution in [0.25, 0.3) is 0 Å². The quantitative estimate of drug-likeness (QED) is 0.484. The second-order valence-corrected chi connectivity index (χ2v) is 5.23. The number of hydrogen-bond acceptors (Lipinski definition) is 5. The van der Waals surface area contributed by atoms with Gasteiger partial charge in [0.2, 0.25) is 0 Å². The van der Waals surface area contributed by atoms with E-state index in [0.29, 0.717) is 31.6 Å². The Bertz CT molecular complexity index is 537. The van der Waals surface area contributed by atoms with E-state index in [4.69, 9.17) is 16.3 Å². The number of nitro benzene ring substituents is 2. The summed E-state index contributed by atoms with van der Waals surface area (Å²) in [5.74, 6) is -0.0226. The predicted octanol–water partition coefficient (Wildman–Crippen LogP) is 2.69. The SMILES string of the molecule is O=[N+]([O-])c1ccc(CC2COCCC2Cl)c([N+](=O)[O-])c1. The number of hydrogen-bond donors (Lipinski definition) is 0. The van der Waals surface area contributed by atoms with Gasteiger partial charge in [-0.3, -0.25) is 20.2 Å². The zero-order valence-electron chi connectivity index (χ0n) is 10.5. The average Bonchev–Trinajstić information content (AvgIpc) is 2.41. The molecule has 1 heterocycles. The van der Waals surface area contributed by atoms with Gasteiger partial charge in [0.1, 0.15) is 0 Å². The molecule has 1 aliphatic heterocycles. The summed E-state index contributed by atoms with van der Waals surface area (Å²) < 4.78 is 5.32. The van der Waals surface area contributed by atoms with E-state index in [1.807, 2.05) is 0 Å². The minimum absolute atomic E-state index is 0.0226. The molecule has 1 aliphatic rings. The van der Waals surface area contributed by atoms with E-state index in [-0.39, 0.29) is 22.7 Å². The van der Waals surface area contributed by atoms with Gasteiger partial charge in [0, 0.05) is 29.5 Å². The molecule has 0 aromatic heterocycles. The van der Waals surface area contributed by atoms with Crippen LogP contribution in [-0.4, -0.2) is 28.4 Å². The topological polar surface area (TPSA) is 95.5 Å². The van der Waals surface area contributed by atoms with Crippen molar-refractivity contribution >= 4 is 23.0 Å². The monoisotopic (exact) mass is 300 g/mol. The molecule has 1 saturated heterocycles. The van der Waals surface area contributed by atoms with Crippen LogP contribution >= 0.6 is 11.6 Å². The molecule has 0 spiro atoms. The Hall–Kier alpha value is -1.73. The maximum atomic E-state index is 11.0. The van der Waals surface area contributed by atoms with Crippen molar-refractivity contribution in [2.24, 2.45) is 5.92 Å². The second-order valence-electron chi connectivity index (χ2n) is 4.67. The summed E-state index contributed by atoms with van der Waals surface area (Å²) in [7, 11) is 0. The standard InChI is InChI=1S/C12H13ClN2O5/c13-11-3-4-20-7-9(11)5-8-1-2-10(14(16)17)6-12(8)15(18)19/h1-2,6,9,11H,3-5,7H2. The number of ether oxygens (including phenoxy) is 1. The van der Waals surface area contributed by atoms with Crippen LogP contribution in [0.1, 0.15) is 12.0 Å². The van der Waals surface area contributed by atoms with Crippen molar-refractivity contribution in [3.63, 3.8) is 0 Å². The van der Waals surface area contributed by atoms with Gasteiger partial charge < -0.3 is 4.74 Å². The fourth-order valence-corrected chi connectivity index (χ4v) is 2.50. The zero-order valence-corrected chi connectivity index (χ0v) is 11.3. The molecule has 2 atom stereocenters. The molecule has 0 saturated carbocycles. The first kappa shape index (κ1) is 14.7. The lowest BCUT2D eigenvalue weighted by Gasteiger charge is -2.27. The van der Waals surface area contributed by atoms with Gasteiger partial charge in [0.05, 0.1) is 22.5 Å². The largest absolute Gasteiger partial charge is 0.381 e. The minimum atomic E-state index is -0.648. The first-order chi connectivity index (χ1) is 9.49. The molecule has 108 valence electrons. The Morgan fingerprint density at radius 3 is 2.65 bits per heavy atom. The van der Waals surface area contributed by atoms with Crippen LogP contribution in [-0.2, 0) is 11.2 Å². The normalized spacial score (nSPS) is 22.4. The van der Waals surface area contributed by atoms with E-state index in [1.165, 1.54) is 12.1 Å². The number of nitro groups is 2. The van der Waals surface area contributed by atoms with Gasteiger partial charge in [-0.2, -0.15) is 0 Å². The Balaban J connectivity index is 2.26. The van der Waals surface area contributed by atoms with E-state index < -0.39 is 9.85 Å². The zero-order chi connectivity index (χ0) is 14.7.